The van der Waals surface area contributed by atoms with Crippen molar-refractivity contribution in [2.75, 3.05) is 13.7 Å². The van der Waals surface area contributed by atoms with Crippen LogP contribution in [0.25, 0.3) is 0 Å². The van der Waals surface area contributed by atoms with Crippen LogP contribution in [0.5, 0.6) is 5.75 Å². The summed E-state index contributed by atoms with van der Waals surface area (Å²) in [6.45, 7) is 10.2. The highest BCUT2D eigenvalue weighted by Gasteiger charge is 2.30. The standard InChI is InChI=1S/C19H31NO/c1-13(2)20-12-16-7-6-14(3)10-19(16)18-9-8-17(21-5)11-15(18)4/h8-9,11,13-14,16,19-20H,6-7,10,12H2,1-5H3. The van der Waals surface area contributed by atoms with Gasteiger partial charge in [0, 0.05) is 6.04 Å². The van der Waals surface area contributed by atoms with Crippen molar-refractivity contribution in [1.82, 2.24) is 5.32 Å². The van der Waals surface area contributed by atoms with E-state index < -0.39 is 0 Å². The summed E-state index contributed by atoms with van der Waals surface area (Å²) in [4.78, 5) is 0. The maximum Gasteiger partial charge on any atom is 0.119 e. The Morgan fingerprint density at radius 3 is 2.67 bits per heavy atom. The van der Waals surface area contributed by atoms with Crippen LogP contribution in [-0.2, 0) is 0 Å². The molecule has 1 aromatic carbocycles. The third-order valence-electron chi connectivity index (χ3n) is 4.92. The molecule has 118 valence electrons. The monoisotopic (exact) mass is 289 g/mol. The van der Waals surface area contributed by atoms with E-state index in [9.17, 15) is 0 Å². The highest BCUT2D eigenvalue weighted by Crippen LogP contribution is 2.41. The van der Waals surface area contributed by atoms with Crippen LogP contribution in [0.2, 0.25) is 0 Å². The molecule has 1 N–H and O–H groups in total. The molecule has 0 amide bonds. The zero-order valence-electron chi connectivity index (χ0n) is 14.3. The Morgan fingerprint density at radius 1 is 1.29 bits per heavy atom. The molecule has 21 heavy (non-hydrogen) atoms. The van der Waals surface area contributed by atoms with Crippen LogP contribution in [0.1, 0.15) is 57.1 Å². The quantitative estimate of drug-likeness (QED) is 0.860. The SMILES string of the molecule is COc1ccc(C2CC(C)CCC2CNC(C)C)c(C)c1. The highest BCUT2D eigenvalue weighted by molar-refractivity contribution is 5.37. The highest BCUT2D eigenvalue weighted by atomic mass is 16.5. The summed E-state index contributed by atoms with van der Waals surface area (Å²) < 4.78 is 5.35. The summed E-state index contributed by atoms with van der Waals surface area (Å²) in [6.07, 6.45) is 4.03. The summed E-state index contributed by atoms with van der Waals surface area (Å²) in [5, 5.41) is 3.65. The van der Waals surface area contributed by atoms with Gasteiger partial charge in [-0.3, -0.25) is 0 Å². The van der Waals surface area contributed by atoms with Gasteiger partial charge in [-0.25, -0.2) is 0 Å². The number of hydrogen-bond donors (Lipinski definition) is 1. The average Bonchev–Trinajstić information content (AvgIpc) is 2.45. The van der Waals surface area contributed by atoms with E-state index in [0.29, 0.717) is 12.0 Å². The van der Waals surface area contributed by atoms with Crippen molar-refractivity contribution in [3.05, 3.63) is 29.3 Å². The van der Waals surface area contributed by atoms with Gasteiger partial charge in [0.05, 0.1) is 7.11 Å². The fraction of sp³-hybridized carbons (Fsp3) is 0.684. The summed E-state index contributed by atoms with van der Waals surface area (Å²) in [5.74, 6) is 3.25. The summed E-state index contributed by atoms with van der Waals surface area (Å²) in [5.41, 5.74) is 2.90. The van der Waals surface area contributed by atoms with Crippen LogP contribution >= 0.6 is 0 Å². The zero-order chi connectivity index (χ0) is 15.4. The molecule has 1 aliphatic rings. The van der Waals surface area contributed by atoms with Gasteiger partial charge in [0.1, 0.15) is 5.75 Å². The summed E-state index contributed by atoms with van der Waals surface area (Å²) in [6, 6.07) is 7.16. The van der Waals surface area contributed by atoms with E-state index in [0.717, 1.165) is 24.1 Å². The molecular weight excluding hydrogens is 258 g/mol. The molecule has 0 radical (unpaired) electrons. The predicted molar refractivity (Wildman–Crippen MR) is 90.1 cm³/mol. The molecule has 3 atom stereocenters. The molecule has 1 fully saturated rings. The first-order valence-corrected chi connectivity index (χ1v) is 8.39. The predicted octanol–water partition coefficient (Wildman–Crippen LogP) is 4.52. The molecule has 1 aromatic rings. The molecule has 0 aliphatic heterocycles. The number of rotatable bonds is 5. The first kappa shape index (κ1) is 16.4. The van der Waals surface area contributed by atoms with Crippen LogP contribution in [0.15, 0.2) is 18.2 Å². The number of hydrogen-bond acceptors (Lipinski definition) is 2. The third kappa shape index (κ3) is 4.23. The number of nitrogens with one attached hydrogen (secondary N) is 1. The molecule has 0 heterocycles. The van der Waals surface area contributed by atoms with Crippen molar-refractivity contribution in [2.24, 2.45) is 11.8 Å². The average molecular weight is 289 g/mol. The van der Waals surface area contributed by atoms with Crippen LogP contribution < -0.4 is 10.1 Å². The first-order chi connectivity index (χ1) is 10.0. The van der Waals surface area contributed by atoms with E-state index in [1.165, 1.54) is 30.4 Å². The number of ether oxygens (including phenoxy) is 1. The molecular formula is C19H31NO. The van der Waals surface area contributed by atoms with E-state index in [4.69, 9.17) is 4.74 Å². The second kappa shape index (κ2) is 7.31. The van der Waals surface area contributed by atoms with Gasteiger partial charge in [-0.05, 0) is 67.3 Å². The van der Waals surface area contributed by atoms with Crippen molar-refractivity contribution >= 4 is 0 Å². The molecule has 2 nitrogen and oxygen atoms in total. The fourth-order valence-electron chi connectivity index (χ4n) is 3.65. The number of methoxy groups -OCH3 is 1. The van der Waals surface area contributed by atoms with Gasteiger partial charge in [0.2, 0.25) is 0 Å². The van der Waals surface area contributed by atoms with Crippen molar-refractivity contribution in [3.8, 4) is 5.75 Å². The topological polar surface area (TPSA) is 21.3 Å². The van der Waals surface area contributed by atoms with Gasteiger partial charge in [-0.2, -0.15) is 0 Å². The number of aryl methyl sites for hydroxylation is 1. The van der Waals surface area contributed by atoms with Gasteiger partial charge >= 0.3 is 0 Å². The van der Waals surface area contributed by atoms with Crippen LogP contribution in [0, 0.1) is 18.8 Å². The second-order valence-electron chi connectivity index (χ2n) is 7.07. The molecule has 0 saturated heterocycles. The minimum absolute atomic E-state index is 0.571. The third-order valence-corrected chi connectivity index (χ3v) is 4.92. The Morgan fingerprint density at radius 2 is 2.05 bits per heavy atom. The maximum absolute atomic E-state index is 5.35. The van der Waals surface area contributed by atoms with Gasteiger partial charge in [-0.15, -0.1) is 0 Å². The molecule has 3 unspecified atom stereocenters. The molecule has 2 rings (SSSR count). The zero-order valence-corrected chi connectivity index (χ0v) is 14.3. The lowest BCUT2D eigenvalue weighted by Gasteiger charge is -2.36. The van der Waals surface area contributed by atoms with Crippen molar-refractivity contribution in [2.45, 2.75) is 58.9 Å². The molecule has 1 aliphatic carbocycles. The first-order valence-electron chi connectivity index (χ1n) is 8.39. The van der Waals surface area contributed by atoms with Crippen LogP contribution in [0.4, 0.5) is 0 Å². The Labute approximate surface area is 130 Å². The lowest BCUT2D eigenvalue weighted by atomic mass is 9.70. The van der Waals surface area contributed by atoms with Crippen molar-refractivity contribution in [3.63, 3.8) is 0 Å². The van der Waals surface area contributed by atoms with Gasteiger partial charge in [0.15, 0.2) is 0 Å². The molecule has 2 heteroatoms. The van der Waals surface area contributed by atoms with E-state index in [2.05, 4.69) is 51.2 Å². The van der Waals surface area contributed by atoms with Crippen molar-refractivity contribution in [1.29, 1.82) is 0 Å². The van der Waals surface area contributed by atoms with Gasteiger partial charge < -0.3 is 10.1 Å². The van der Waals surface area contributed by atoms with E-state index >= 15 is 0 Å². The van der Waals surface area contributed by atoms with Crippen LogP contribution in [0.3, 0.4) is 0 Å². The normalized spacial score (nSPS) is 26.1. The molecule has 1 saturated carbocycles. The fourth-order valence-corrected chi connectivity index (χ4v) is 3.65. The molecule has 0 bridgehead atoms. The van der Waals surface area contributed by atoms with Crippen molar-refractivity contribution < 1.29 is 4.74 Å². The minimum atomic E-state index is 0.571. The smallest absolute Gasteiger partial charge is 0.119 e. The Balaban J connectivity index is 2.19. The van der Waals surface area contributed by atoms with E-state index in [-0.39, 0.29) is 0 Å². The van der Waals surface area contributed by atoms with Gasteiger partial charge in [0.25, 0.3) is 0 Å². The van der Waals surface area contributed by atoms with E-state index in [1.807, 2.05) is 0 Å². The Hall–Kier alpha value is -1.02. The number of benzene rings is 1. The summed E-state index contributed by atoms with van der Waals surface area (Å²) >= 11 is 0. The molecule has 0 spiro atoms. The minimum Gasteiger partial charge on any atom is -0.497 e. The Kier molecular flexibility index (Phi) is 5.69. The maximum atomic E-state index is 5.35. The van der Waals surface area contributed by atoms with Crippen LogP contribution in [-0.4, -0.2) is 19.7 Å². The largest absolute Gasteiger partial charge is 0.497 e. The summed E-state index contributed by atoms with van der Waals surface area (Å²) in [7, 11) is 1.74. The van der Waals surface area contributed by atoms with Gasteiger partial charge in [-0.1, -0.05) is 33.3 Å². The van der Waals surface area contributed by atoms with E-state index in [1.54, 1.807) is 7.11 Å². The Bertz CT molecular complexity index is 455. The lowest BCUT2D eigenvalue weighted by Crippen LogP contribution is -2.34. The second-order valence-corrected chi connectivity index (χ2v) is 7.07. The lowest BCUT2D eigenvalue weighted by molar-refractivity contribution is 0.237. The molecule has 0 aromatic heterocycles.